The lowest BCUT2D eigenvalue weighted by atomic mass is 9.39. The highest BCUT2D eigenvalue weighted by Gasteiger charge is 2.75. The Balaban J connectivity index is 2.06. The van der Waals surface area contributed by atoms with Gasteiger partial charge in [-0.2, -0.15) is 0 Å². The molecule has 38 heavy (non-hydrogen) atoms. The lowest BCUT2D eigenvalue weighted by molar-refractivity contribution is -0.168. The lowest BCUT2D eigenvalue weighted by Crippen LogP contribution is -2.68. The molecule has 0 amide bonds. The number of carbonyl (C=O) groups excluding carboxylic acids is 3. The predicted molar refractivity (Wildman–Crippen MR) is 148 cm³/mol. The number of aliphatic hydroxyl groups is 1. The first kappa shape index (κ1) is 28.2. The van der Waals surface area contributed by atoms with Crippen LogP contribution >= 0.6 is 0 Å². The zero-order valence-electron chi connectivity index (χ0n) is 24.1. The van der Waals surface area contributed by atoms with E-state index in [1.54, 1.807) is 38.1 Å². The molecule has 5 nitrogen and oxygen atoms in total. The summed E-state index contributed by atoms with van der Waals surface area (Å²) in [6, 6.07) is 8.87. The standard InChI is InChI=1S/C33H42O5/c1-20(2)14-15-23-19-32(26(34)22-12-10-9-11-13-22)28-24(18-25(38-28)31(7,8)37)27(35)33(29(32)36,30(23,5)6)17-16-21(3)4/h9-14,16,23,25,37H,15,17-19H2,1-8H3. The van der Waals surface area contributed by atoms with E-state index in [-0.39, 0.29) is 48.3 Å². The van der Waals surface area contributed by atoms with Gasteiger partial charge in [-0.3, -0.25) is 14.4 Å². The van der Waals surface area contributed by atoms with E-state index >= 15 is 4.79 Å². The summed E-state index contributed by atoms with van der Waals surface area (Å²) in [5, 5.41) is 10.9. The van der Waals surface area contributed by atoms with Gasteiger partial charge in [-0.05, 0) is 72.1 Å². The third-order valence-electron chi connectivity index (χ3n) is 9.26. The fraction of sp³-hybridized carbons (Fsp3) is 0.545. The number of Topliss-reactive ketones (excluding diaryl/α,β-unsaturated/α-hetero) is 3. The van der Waals surface area contributed by atoms with Crippen LogP contribution in [-0.2, 0) is 14.3 Å². The third-order valence-corrected chi connectivity index (χ3v) is 9.26. The van der Waals surface area contributed by atoms with Crippen molar-refractivity contribution in [1.82, 2.24) is 0 Å². The average Bonchev–Trinajstić information content (AvgIpc) is 3.30. The number of ether oxygens (including phenoxy) is 1. The largest absolute Gasteiger partial charge is 0.489 e. The van der Waals surface area contributed by atoms with Crippen LogP contribution in [0.5, 0.6) is 0 Å². The van der Waals surface area contributed by atoms with Crippen LogP contribution in [0.1, 0.15) is 91.4 Å². The van der Waals surface area contributed by atoms with E-state index in [1.807, 2.05) is 53.7 Å². The Labute approximate surface area is 227 Å². The van der Waals surface area contributed by atoms with Gasteiger partial charge in [-0.25, -0.2) is 0 Å². The van der Waals surface area contributed by atoms with E-state index in [0.717, 1.165) is 11.1 Å². The molecular weight excluding hydrogens is 476 g/mol. The lowest BCUT2D eigenvalue weighted by Gasteiger charge is -2.59. The second-order valence-corrected chi connectivity index (χ2v) is 13.1. The van der Waals surface area contributed by atoms with Crippen molar-refractivity contribution < 1.29 is 24.2 Å². The molecular formula is C33H42O5. The number of allylic oxidation sites excluding steroid dienone is 5. The van der Waals surface area contributed by atoms with Gasteiger partial charge in [0.2, 0.25) is 0 Å². The van der Waals surface area contributed by atoms with Crippen molar-refractivity contribution in [3.05, 3.63) is 70.5 Å². The second-order valence-electron chi connectivity index (χ2n) is 13.1. The minimum Gasteiger partial charge on any atom is -0.489 e. The number of fused-ring (bicyclic) bond motifs is 3. The van der Waals surface area contributed by atoms with Crippen molar-refractivity contribution >= 4 is 17.3 Å². The van der Waals surface area contributed by atoms with E-state index in [1.165, 1.54) is 0 Å². The van der Waals surface area contributed by atoms with Crippen LogP contribution in [0.2, 0.25) is 0 Å². The quantitative estimate of drug-likeness (QED) is 0.251. The van der Waals surface area contributed by atoms with Crippen LogP contribution in [0.15, 0.2) is 65.0 Å². The highest BCUT2D eigenvalue weighted by molar-refractivity contribution is 6.30. The van der Waals surface area contributed by atoms with Crippen LogP contribution in [0.4, 0.5) is 0 Å². The Morgan fingerprint density at radius 3 is 2.21 bits per heavy atom. The highest BCUT2D eigenvalue weighted by Crippen LogP contribution is 2.68. The fourth-order valence-corrected chi connectivity index (χ4v) is 6.75. The Morgan fingerprint density at radius 1 is 1.05 bits per heavy atom. The van der Waals surface area contributed by atoms with Crippen LogP contribution in [0.25, 0.3) is 0 Å². The molecule has 1 aromatic carbocycles. The minimum atomic E-state index is -1.62. The normalized spacial score (nSPS) is 29.9. The number of ketones is 3. The molecule has 4 atom stereocenters. The van der Waals surface area contributed by atoms with Gasteiger partial charge in [0.25, 0.3) is 0 Å². The van der Waals surface area contributed by atoms with Gasteiger partial charge in [0.15, 0.2) is 22.8 Å². The predicted octanol–water partition coefficient (Wildman–Crippen LogP) is 6.57. The Morgan fingerprint density at radius 2 is 1.66 bits per heavy atom. The van der Waals surface area contributed by atoms with Crippen LogP contribution in [-0.4, -0.2) is 34.2 Å². The number of hydrogen-bond donors (Lipinski definition) is 1. The van der Waals surface area contributed by atoms with Gasteiger partial charge in [0, 0.05) is 17.6 Å². The average molecular weight is 519 g/mol. The second kappa shape index (κ2) is 9.44. The molecule has 0 spiro atoms. The molecule has 1 heterocycles. The van der Waals surface area contributed by atoms with Crippen molar-refractivity contribution in [2.75, 3.05) is 0 Å². The molecule has 4 rings (SSSR count). The maximum Gasteiger partial charge on any atom is 0.184 e. The first-order chi connectivity index (χ1) is 17.6. The van der Waals surface area contributed by atoms with Crippen LogP contribution in [0.3, 0.4) is 0 Å². The summed E-state index contributed by atoms with van der Waals surface area (Å²) in [5.41, 5.74) is -2.01. The van der Waals surface area contributed by atoms with Crippen LogP contribution in [0, 0.1) is 22.2 Å². The number of carbonyl (C=O) groups is 3. The molecule has 1 aliphatic heterocycles. The molecule has 2 bridgehead atoms. The summed E-state index contributed by atoms with van der Waals surface area (Å²) < 4.78 is 6.35. The maximum atomic E-state index is 15.0. The number of hydrogen-bond acceptors (Lipinski definition) is 5. The number of benzene rings is 1. The molecule has 204 valence electrons. The Hall–Kier alpha value is -2.79. The summed E-state index contributed by atoms with van der Waals surface area (Å²) in [7, 11) is 0. The number of rotatable bonds is 7. The van der Waals surface area contributed by atoms with Gasteiger partial charge < -0.3 is 9.84 Å². The SMILES string of the molecule is CC(C)=CCC1CC2(C(=O)c3ccccc3)C(=O)C(CC=C(C)C)(C(=O)C3=C2OC(C(C)(C)O)C3)C1(C)C. The van der Waals surface area contributed by atoms with E-state index < -0.39 is 27.9 Å². The van der Waals surface area contributed by atoms with E-state index in [2.05, 4.69) is 6.08 Å². The fourth-order valence-electron chi connectivity index (χ4n) is 6.75. The molecule has 3 aliphatic rings. The zero-order chi connectivity index (χ0) is 28.3. The third kappa shape index (κ3) is 4.05. The summed E-state index contributed by atoms with van der Waals surface area (Å²) in [6.07, 6.45) is 4.71. The molecule has 1 N–H and O–H groups in total. The first-order valence-corrected chi connectivity index (χ1v) is 13.7. The molecule has 1 saturated carbocycles. The van der Waals surface area contributed by atoms with Gasteiger partial charge in [0.1, 0.15) is 17.3 Å². The van der Waals surface area contributed by atoms with Crippen molar-refractivity contribution in [3.63, 3.8) is 0 Å². The van der Waals surface area contributed by atoms with Crippen molar-refractivity contribution in [2.24, 2.45) is 22.2 Å². The molecule has 0 aromatic heterocycles. The topological polar surface area (TPSA) is 80.7 Å². The van der Waals surface area contributed by atoms with Crippen LogP contribution < -0.4 is 0 Å². The molecule has 2 aliphatic carbocycles. The smallest absolute Gasteiger partial charge is 0.184 e. The van der Waals surface area contributed by atoms with Gasteiger partial charge >= 0.3 is 0 Å². The van der Waals surface area contributed by atoms with Gasteiger partial charge in [-0.1, -0.05) is 67.5 Å². The Kier molecular flexibility index (Phi) is 7.01. The van der Waals surface area contributed by atoms with E-state index in [9.17, 15) is 14.7 Å². The summed E-state index contributed by atoms with van der Waals surface area (Å²) in [4.78, 5) is 44.2. The monoisotopic (exact) mass is 518 g/mol. The summed E-state index contributed by atoms with van der Waals surface area (Å²) >= 11 is 0. The van der Waals surface area contributed by atoms with Crippen molar-refractivity contribution in [2.45, 2.75) is 92.8 Å². The van der Waals surface area contributed by atoms with Gasteiger partial charge in [0.05, 0.1) is 5.60 Å². The Bertz CT molecular complexity index is 1250. The maximum absolute atomic E-state index is 15.0. The van der Waals surface area contributed by atoms with E-state index in [4.69, 9.17) is 4.74 Å². The molecule has 5 heteroatoms. The van der Waals surface area contributed by atoms with E-state index in [0.29, 0.717) is 17.6 Å². The molecule has 1 aromatic rings. The van der Waals surface area contributed by atoms with Gasteiger partial charge in [-0.15, -0.1) is 0 Å². The molecule has 1 fully saturated rings. The first-order valence-electron chi connectivity index (χ1n) is 13.7. The summed E-state index contributed by atoms with van der Waals surface area (Å²) in [6.45, 7) is 15.3. The highest BCUT2D eigenvalue weighted by atomic mass is 16.5. The van der Waals surface area contributed by atoms with Crippen molar-refractivity contribution in [1.29, 1.82) is 0 Å². The molecule has 4 unspecified atom stereocenters. The minimum absolute atomic E-state index is 0.129. The summed E-state index contributed by atoms with van der Waals surface area (Å²) in [5.74, 6) is -0.867. The zero-order valence-corrected chi connectivity index (χ0v) is 24.1. The molecule has 0 saturated heterocycles. The molecule has 0 radical (unpaired) electrons. The van der Waals surface area contributed by atoms with Crippen molar-refractivity contribution in [3.8, 4) is 0 Å².